The van der Waals surface area contributed by atoms with Gasteiger partial charge < -0.3 is 13.7 Å². The molecule has 0 saturated heterocycles. The van der Waals surface area contributed by atoms with Gasteiger partial charge in [0.25, 0.3) is 0 Å². The topological polar surface area (TPSA) is 69.2 Å². The fourth-order valence-electron chi connectivity index (χ4n) is 3.15. The van der Waals surface area contributed by atoms with Crippen molar-refractivity contribution in [2.24, 2.45) is 7.05 Å². The summed E-state index contributed by atoms with van der Waals surface area (Å²) in [7, 11) is 2.04. The molecule has 0 N–H and O–H groups in total. The number of hydrogen-bond donors (Lipinski definition) is 0. The molecule has 0 bridgehead atoms. The molecular weight excluding hydrogens is 318 g/mol. The minimum Gasteiger partial charge on any atom is -0.468 e. The number of nitrogens with zero attached hydrogens (tertiary/aromatic N) is 5. The quantitative estimate of drug-likeness (QED) is 0.709. The molecule has 1 aliphatic heterocycles. The van der Waals surface area contributed by atoms with Gasteiger partial charge in [-0.05, 0) is 24.6 Å². The molecule has 3 aromatic heterocycles. The predicted molar refractivity (Wildman–Crippen MR) is 90.9 cm³/mol. The lowest BCUT2D eigenvalue weighted by atomic mass is 10.0. The molecule has 25 heavy (non-hydrogen) atoms. The summed E-state index contributed by atoms with van der Waals surface area (Å²) in [4.78, 5) is 15.3. The van der Waals surface area contributed by atoms with E-state index in [1.54, 1.807) is 18.7 Å². The van der Waals surface area contributed by atoms with Gasteiger partial charge in [-0.1, -0.05) is 0 Å². The summed E-state index contributed by atoms with van der Waals surface area (Å²) >= 11 is 0. The maximum absolute atomic E-state index is 5.86. The van der Waals surface area contributed by atoms with Crippen LogP contribution in [-0.4, -0.2) is 37.1 Å². The number of aryl methyl sites for hydroxylation is 2. The van der Waals surface area contributed by atoms with Gasteiger partial charge >= 0.3 is 6.01 Å². The summed E-state index contributed by atoms with van der Waals surface area (Å²) in [6, 6.07) is 4.53. The Morgan fingerprint density at radius 3 is 2.88 bits per heavy atom. The first-order valence-corrected chi connectivity index (χ1v) is 8.36. The molecule has 0 unspecified atom stereocenters. The lowest BCUT2D eigenvalue weighted by molar-refractivity contribution is 0.0954. The highest BCUT2D eigenvalue weighted by Crippen LogP contribution is 2.24. The third kappa shape index (κ3) is 3.41. The molecule has 3 aromatic rings. The van der Waals surface area contributed by atoms with Gasteiger partial charge in [0.1, 0.15) is 12.4 Å². The highest BCUT2D eigenvalue weighted by atomic mass is 16.5. The van der Waals surface area contributed by atoms with E-state index in [2.05, 4.69) is 24.4 Å². The van der Waals surface area contributed by atoms with Crippen LogP contribution in [0.5, 0.6) is 6.01 Å². The van der Waals surface area contributed by atoms with Crippen molar-refractivity contribution in [1.82, 2.24) is 24.4 Å². The Labute approximate surface area is 146 Å². The van der Waals surface area contributed by atoms with Crippen molar-refractivity contribution >= 4 is 0 Å². The minimum atomic E-state index is 0.206. The first-order valence-electron chi connectivity index (χ1n) is 8.36. The average Bonchev–Trinajstić information content (AvgIpc) is 3.25. The second-order valence-electron chi connectivity index (χ2n) is 6.45. The first kappa shape index (κ1) is 15.8. The van der Waals surface area contributed by atoms with Gasteiger partial charge in [-0.15, -0.1) is 0 Å². The summed E-state index contributed by atoms with van der Waals surface area (Å²) in [6.07, 6.45) is 7.99. The maximum atomic E-state index is 5.86. The summed E-state index contributed by atoms with van der Waals surface area (Å²) in [5.74, 6) is 0.941. The standard InChI is InChI=1S/C18H21N5O2/c1-13-7-19-18(20-8-13)25-11-14-6-17-16(21-12-22(17)2)10-23(14)9-15-4-3-5-24-15/h3-5,7-8,12,14H,6,9-11H2,1-2H3/t14-/m1/s1. The summed E-state index contributed by atoms with van der Waals surface area (Å²) in [6.45, 7) is 3.99. The van der Waals surface area contributed by atoms with Crippen LogP contribution < -0.4 is 4.74 Å². The fourth-order valence-corrected chi connectivity index (χ4v) is 3.15. The minimum absolute atomic E-state index is 0.206. The summed E-state index contributed by atoms with van der Waals surface area (Å²) in [5.41, 5.74) is 3.40. The van der Waals surface area contributed by atoms with Crippen molar-refractivity contribution in [3.63, 3.8) is 0 Å². The van der Waals surface area contributed by atoms with Crippen LogP contribution in [0.3, 0.4) is 0 Å². The van der Waals surface area contributed by atoms with E-state index in [4.69, 9.17) is 9.15 Å². The second kappa shape index (κ2) is 6.68. The van der Waals surface area contributed by atoms with Crippen molar-refractivity contribution in [2.45, 2.75) is 32.5 Å². The van der Waals surface area contributed by atoms with Gasteiger partial charge in [-0.3, -0.25) is 4.90 Å². The number of fused-ring (bicyclic) bond motifs is 1. The van der Waals surface area contributed by atoms with Crippen LogP contribution >= 0.6 is 0 Å². The zero-order valence-electron chi connectivity index (χ0n) is 14.4. The third-order valence-electron chi connectivity index (χ3n) is 4.54. The smallest absolute Gasteiger partial charge is 0.316 e. The van der Waals surface area contributed by atoms with Crippen LogP contribution in [0.1, 0.15) is 22.7 Å². The number of hydrogen-bond acceptors (Lipinski definition) is 6. The molecule has 7 nitrogen and oxygen atoms in total. The number of rotatable bonds is 5. The molecule has 0 spiro atoms. The molecule has 0 radical (unpaired) electrons. The zero-order valence-corrected chi connectivity index (χ0v) is 14.4. The van der Waals surface area contributed by atoms with Crippen LogP contribution in [-0.2, 0) is 26.6 Å². The molecule has 0 fully saturated rings. The van der Waals surface area contributed by atoms with E-state index >= 15 is 0 Å². The summed E-state index contributed by atoms with van der Waals surface area (Å²) in [5, 5.41) is 0. The fraction of sp³-hybridized carbons (Fsp3) is 0.389. The number of ether oxygens (including phenoxy) is 1. The lowest BCUT2D eigenvalue weighted by Gasteiger charge is -2.34. The predicted octanol–water partition coefficient (Wildman–Crippen LogP) is 2.12. The van der Waals surface area contributed by atoms with E-state index < -0.39 is 0 Å². The van der Waals surface area contributed by atoms with E-state index in [1.165, 1.54) is 5.69 Å². The largest absolute Gasteiger partial charge is 0.468 e. The SMILES string of the molecule is Cc1cnc(OC[C@H]2Cc3c(ncn3C)CN2Cc2ccco2)nc1. The van der Waals surface area contributed by atoms with Gasteiger partial charge in [0, 0.05) is 38.1 Å². The zero-order chi connectivity index (χ0) is 17.2. The highest BCUT2D eigenvalue weighted by Gasteiger charge is 2.30. The molecule has 0 aliphatic carbocycles. The molecule has 1 aliphatic rings. The average molecular weight is 339 g/mol. The van der Waals surface area contributed by atoms with Crippen LogP contribution in [0.25, 0.3) is 0 Å². The molecule has 7 heteroatoms. The van der Waals surface area contributed by atoms with Crippen molar-refractivity contribution in [2.75, 3.05) is 6.61 Å². The molecule has 0 saturated carbocycles. The van der Waals surface area contributed by atoms with E-state index in [1.807, 2.05) is 32.4 Å². The van der Waals surface area contributed by atoms with Crippen molar-refractivity contribution in [3.05, 3.63) is 59.8 Å². The van der Waals surface area contributed by atoms with E-state index in [-0.39, 0.29) is 6.04 Å². The molecular formula is C18H21N5O2. The normalized spacial score (nSPS) is 17.4. The molecule has 130 valence electrons. The van der Waals surface area contributed by atoms with Crippen LogP contribution in [0.4, 0.5) is 0 Å². The Morgan fingerprint density at radius 2 is 2.12 bits per heavy atom. The lowest BCUT2D eigenvalue weighted by Crippen LogP contribution is -2.44. The highest BCUT2D eigenvalue weighted by molar-refractivity contribution is 5.19. The molecule has 0 aromatic carbocycles. The van der Waals surface area contributed by atoms with Gasteiger partial charge in [0.05, 0.1) is 30.9 Å². The Balaban J connectivity index is 1.51. The third-order valence-corrected chi connectivity index (χ3v) is 4.54. The molecule has 0 amide bonds. The summed E-state index contributed by atoms with van der Waals surface area (Å²) < 4.78 is 13.5. The Morgan fingerprint density at radius 1 is 1.28 bits per heavy atom. The van der Waals surface area contributed by atoms with E-state index in [9.17, 15) is 0 Å². The molecule has 1 atom stereocenters. The number of furan rings is 1. The second-order valence-corrected chi connectivity index (χ2v) is 6.45. The Bertz CT molecular complexity index is 826. The number of imidazole rings is 1. The van der Waals surface area contributed by atoms with Gasteiger partial charge in [-0.2, -0.15) is 0 Å². The van der Waals surface area contributed by atoms with Crippen molar-refractivity contribution in [3.8, 4) is 6.01 Å². The van der Waals surface area contributed by atoms with Crippen LogP contribution in [0.2, 0.25) is 0 Å². The van der Waals surface area contributed by atoms with Gasteiger partial charge in [0.15, 0.2) is 0 Å². The van der Waals surface area contributed by atoms with Crippen molar-refractivity contribution < 1.29 is 9.15 Å². The van der Waals surface area contributed by atoms with Crippen LogP contribution in [0, 0.1) is 6.92 Å². The first-order chi connectivity index (χ1) is 12.2. The van der Waals surface area contributed by atoms with E-state index in [0.29, 0.717) is 12.6 Å². The van der Waals surface area contributed by atoms with E-state index in [0.717, 1.165) is 36.5 Å². The Hall–Kier alpha value is -2.67. The van der Waals surface area contributed by atoms with Crippen LogP contribution in [0.15, 0.2) is 41.5 Å². The van der Waals surface area contributed by atoms with Crippen molar-refractivity contribution in [1.29, 1.82) is 0 Å². The monoisotopic (exact) mass is 339 g/mol. The number of aromatic nitrogens is 4. The molecule has 4 rings (SSSR count). The maximum Gasteiger partial charge on any atom is 0.316 e. The molecule has 4 heterocycles. The Kier molecular flexibility index (Phi) is 4.23. The van der Waals surface area contributed by atoms with Gasteiger partial charge in [0.2, 0.25) is 0 Å². The van der Waals surface area contributed by atoms with Gasteiger partial charge in [-0.25, -0.2) is 15.0 Å².